The molecule has 1 aliphatic heterocycles. The highest BCUT2D eigenvalue weighted by Crippen LogP contribution is 2.39. The average Bonchev–Trinajstić information content (AvgIpc) is 2.87. The van der Waals surface area contributed by atoms with Crippen LogP contribution in [0.1, 0.15) is 36.5 Å². The van der Waals surface area contributed by atoms with Gasteiger partial charge in [-0.25, -0.2) is 13.2 Å². The van der Waals surface area contributed by atoms with E-state index in [0.29, 0.717) is 30.0 Å². The lowest BCUT2D eigenvalue weighted by Gasteiger charge is -2.31. The third-order valence-electron chi connectivity index (χ3n) is 6.93. The van der Waals surface area contributed by atoms with Gasteiger partial charge in [-0.05, 0) is 54.8 Å². The van der Waals surface area contributed by atoms with Crippen LogP contribution in [0.3, 0.4) is 0 Å². The van der Waals surface area contributed by atoms with Crippen molar-refractivity contribution >= 4 is 49.9 Å². The van der Waals surface area contributed by atoms with Crippen LogP contribution in [0, 0.1) is 5.92 Å². The first kappa shape index (κ1) is 30.1. The molecule has 2 aromatic carbocycles. The molecular formula is C25H24Cl2F3N3O6S. The van der Waals surface area contributed by atoms with Gasteiger partial charge in [0.25, 0.3) is 5.56 Å². The Morgan fingerprint density at radius 1 is 1.18 bits per heavy atom. The molecule has 2 heterocycles. The highest BCUT2D eigenvalue weighted by molar-refractivity contribution is 7.91. The second kappa shape index (κ2) is 11.2. The van der Waals surface area contributed by atoms with Gasteiger partial charge in [-0.15, -0.1) is 0 Å². The second-order valence-electron chi connectivity index (χ2n) is 9.53. The third kappa shape index (κ3) is 5.92. The Kier molecular flexibility index (Phi) is 8.42. The molecular weight excluding hydrogens is 598 g/mol. The van der Waals surface area contributed by atoms with Crippen LogP contribution in [-0.2, 0) is 33.9 Å². The molecule has 9 nitrogen and oxygen atoms in total. The maximum atomic E-state index is 14.2. The number of nitrogens with one attached hydrogen (secondary N) is 1. The van der Waals surface area contributed by atoms with Gasteiger partial charge in [-0.2, -0.15) is 13.2 Å². The van der Waals surface area contributed by atoms with Crippen molar-refractivity contribution in [3.63, 3.8) is 0 Å². The van der Waals surface area contributed by atoms with Crippen LogP contribution in [0.5, 0.6) is 0 Å². The SMILES string of the molecule is CCS(=O)(=O)c1ccc(Cl)cc1Cn1c(=O)[nH]c2c(Cl)c(CN3CCC[C@H](C(=O)O)C3)c(C(F)(F)F)cc2c1=O. The molecule has 0 saturated carbocycles. The van der Waals surface area contributed by atoms with E-state index in [1.54, 1.807) is 4.90 Å². The smallest absolute Gasteiger partial charge is 0.416 e. The second-order valence-corrected chi connectivity index (χ2v) is 12.6. The minimum atomic E-state index is -4.93. The molecule has 1 aliphatic rings. The van der Waals surface area contributed by atoms with E-state index < -0.39 is 67.2 Å². The topological polar surface area (TPSA) is 130 Å². The van der Waals surface area contributed by atoms with E-state index in [4.69, 9.17) is 23.2 Å². The number of alkyl halides is 3. The number of H-pyrrole nitrogens is 1. The number of carboxylic acids is 1. The van der Waals surface area contributed by atoms with Crippen LogP contribution in [0.25, 0.3) is 10.9 Å². The number of aliphatic carboxylic acids is 1. The van der Waals surface area contributed by atoms with Crippen LogP contribution in [0.4, 0.5) is 13.2 Å². The molecule has 3 aromatic rings. The van der Waals surface area contributed by atoms with Crippen molar-refractivity contribution in [3.8, 4) is 0 Å². The normalized spacial score (nSPS) is 16.9. The molecule has 4 rings (SSSR count). The number of likely N-dealkylation sites (tertiary alicyclic amines) is 1. The molecule has 15 heteroatoms. The summed E-state index contributed by atoms with van der Waals surface area (Å²) in [5, 5.41) is 8.46. The molecule has 0 spiro atoms. The van der Waals surface area contributed by atoms with Crippen molar-refractivity contribution in [2.24, 2.45) is 5.92 Å². The van der Waals surface area contributed by atoms with Gasteiger partial charge in [0.15, 0.2) is 9.84 Å². The van der Waals surface area contributed by atoms with E-state index in [1.807, 2.05) is 0 Å². The predicted octanol–water partition coefficient (Wildman–Crippen LogP) is 4.15. The summed E-state index contributed by atoms with van der Waals surface area (Å²) in [5.74, 6) is -2.07. The summed E-state index contributed by atoms with van der Waals surface area (Å²) in [7, 11) is -3.79. The monoisotopic (exact) mass is 621 g/mol. The molecule has 2 N–H and O–H groups in total. The molecule has 0 aliphatic carbocycles. The number of nitrogens with zero attached hydrogens (tertiary/aromatic N) is 2. The third-order valence-corrected chi connectivity index (χ3v) is 9.41. The first-order valence-corrected chi connectivity index (χ1v) is 14.6. The molecule has 0 amide bonds. The van der Waals surface area contributed by atoms with Gasteiger partial charge in [0.2, 0.25) is 0 Å². The van der Waals surface area contributed by atoms with Gasteiger partial charge in [-0.1, -0.05) is 30.1 Å². The molecule has 0 radical (unpaired) electrons. The summed E-state index contributed by atoms with van der Waals surface area (Å²) in [6, 6.07) is 4.43. The van der Waals surface area contributed by atoms with Crippen molar-refractivity contribution in [1.29, 1.82) is 0 Å². The number of carbonyl (C=O) groups is 1. The largest absolute Gasteiger partial charge is 0.481 e. The lowest BCUT2D eigenvalue weighted by Crippen LogP contribution is -2.39. The summed E-state index contributed by atoms with van der Waals surface area (Å²) in [5.41, 5.74) is -4.02. The van der Waals surface area contributed by atoms with E-state index in [1.165, 1.54) is 25.1 Å². The Labute approximate surface area is 236 Å². The van der Waals surface area contributed by atoms with Gasteiger partial charge in [0.1, 0.15) is 0 Å². The molecule has 1 saturated heterocycles. The summed E-state index contributed by atoms with van der Waals surface area (Å²) in [6.07, 6.45) is -4.08. The van der Waals surface area contributed by atoms with Gasteiger partial charge in [0.05, 0.1) is 44.6 Å². The van der Waals surface area contributed by atoms with Crippen molar-refractivity contribution in [2.75, 3.05) is 18.8 Å². The van der Waals surface area contributed by atoms with E-state index in [2.05, 4.69) is 4.98 Å². The number of carboxylic acid groups (broad SMARTS) is 1. The van der Waals surface area contributed by atoms with Crippen molar-refractivity contribution in [1.82, 2.24) is 14.5 Å². The number of hydrogen-bond donors (Lipinski definition) is 2. The molecule has 0 bridgehead atoms. The molecule has 40 heavy (non-hydrogen) atoms. The summed E-state index contributed by atoms with van der Waals surface area (Å²) in [4.78, 5) is 41.5. The van der Waals surface area contributed by atoms with E-state index in [0.717, 1.165) is 0 Å². The number of hydrogen-bond acceptors (Lipinski definition) is 6. The first-order chi connectivity index (χ1) is 18.6. The van der Waals surface area contributed by atoms with Crippen molar-refractivity contribution in [3.05, 3.63) is 71.8 Å². The number of rotatable bonds is 7. The maximum Gasteiger partial charge on any atom is 0.416 e. The van der Waals surface area contributed by atoms with Crippen LogP contribution in [0.15, 0.2) is 38.8 Å². The fourth-order valence-corrected chi connectivity index (χ4v) is 6.48. The highest BCUT2D eigenvalue weighted by atomic mass is 35.5. The van der Waals surface area contributed by atoms with Crippen molar-refractivity contribution < 1.29 is 31.5 Å². The zero-order valence-corrected chi connectivity index (χ0v) is 23.3. The number of aromatic amines is 1. The maximum absolute atomic E-state index is 14.2. The average molecular weight is 622 g/mol. The van der Waals surface area contributed by atoms with Crippen LogP contribution >= 0.6 is 23.2 Å². The van der Waals surface area contributed by atoms with Crippen LogP contribution < -0.4 is 11.2 Å². The number of sulfone groups is 1. The minimum absolute atomic E-state index is 0.0122. The number of piperidine rings is 1. The Balaban J connectivity index is 1.87. The number of halogens is 5. The molecule has 1 fully saturated rings. The Morgan fingerprint density at radius 2 is 1.88 bits per heavy atom. The lowest BCUT2D eigenvalue weighted by molar-refractivity contribution is -0.144. The molecule has 216 valence electrons. The zero-order valence-electron chi connectivity index (χ0n) is 21.0. The molecule has 0 unspecified atom stereocenters. The van der Waals surface area contributed by atoms with Gasteiger partial charge in [-0.3, -0.25) is 19.1 Å². The van der Waals surface area contributed by atoms with Crippen molar-refractivity contribution in [2.45, 2.75) is 43.9 Å². The fraction of sp³-hybridized carbons (Fsp3) is 0.400. The van der Waals surface area contributed by atoms with Gasteiger partial charge < -0.3 is 10.1 Å². The van der Waals surface area contributed by atoms with Gasteiger partial charge in [0, 0.05) is 18.1 Å². The first-order valence-electron chi connectivity index (χ1n) is 12.2. The summed E-state index contributed by atoms with van der Waals surface area (Å²) < 4.78 is 68.3. The van der Waals surface area contributed by atoms with Crippen LogP contribution in [-0.4, -0.2) is 52.8 Å². The van der Waals surface area contributed by atoms with E-state index in [9.17, 15) is 41.1 Å². The Hall–Kier alpha value is -2.87. The predicted molar refractivity (Wildman–Crippen MR) is 143 cm³/mol. The van der Waals surface area contributed by atoms with Crippen LogP contribution in [0.2, 0.25) is 10.0 Å². The quantitative estimate of drug-likeness (QED) is 0.405. The highest BCUT2D eigenvalue weighted by Gasteiger charge is 2.37. The summed E-state index contributed by atoms with van der Waals surface area (Å²) >= 11 is 12.4. The minimum Gasteiger partial charge on any atom is -0.481 e. The number of benzene rings is 2. The number of fused-ring (bicyclic) bond motifs is 1. The Bertz CT molecular complexity index is 1720. The standard InChI is InChI=1S/C25H24Cl2F3N3O6S/c1-2-40(38,39)19-6-5-15(26)8-14(19)11-33-22(34)16-9-18(25(28,29)30)17(20(27)21(16)31-24(33)37)12-32-7-3-4-13(10-32)23(35)36/h5-6,8-9,13H,2-4,7,10-12H2,1H3,(H,31,37)(H,35,36)/t13-/m0/s1. The fourth-order valence-electron chi connectivity index (χ4n) is 4.87. The van der Waals surface area contributed by atoms with Gasteiger partial charge >= 0.3 is 17.8 Å². The molecule has 1 aromatic heterocycles. The Morgan fingerprint density at radius 3 is 2.50 bits per heavy atom. The number of aromatic nitrogens is 2. The zero-order chi connectivity index (χ0) is 29.6. The van der Waals surface area contributed by atoms with E-state index in [-0.39, 0.29) is 39.8 Å². The lowest BCUT2D eigenvalue weighted by atomic mass is 9.96. The summed E-state index contributed by atoms with van der Waals surface area (Å²) in [6.45, 7) is 0.841. The van der Waals surface area contributed by atoms with E-state index >= 15 is 0 Å². The molecule has 1 atom stereocenters.